The molecular weight excluding hydrogens is 232 g/mol. The Morgan fingerprint density at radius 3 is 2.61 bits per heavy atom. The summed E-state index contributed by atoms with van der Waals surface area (Å²) in [5.74, 6) is -1.000. The molecule has 0 bridgehead atoms. The normalized spacial score (nSPS) is 10.6. The number of carboxylic acids is 1. The van der Waals surface area contributed by atoms with Crippen molar-refractivity contribution in [1.29, 1.82) is 0 Å². The lowest BCUT2D eigenvalue weighted by atomic mass is 10.2. The Balaban J connectivity index is 2.50. The fourth-order valence-electron chi connectivity index (χ4n) is 1.74. The fourth-order valence-corrected chi connectivity index (χ4v) is 1.74. The Morgan fingerprint density at radius 1 is 1.39 bits per heavy atom. The minimum Gasteiger partial charge on any atom is -0.478 e. The molecule has 1 N–H and O–H groups in total. The minimum absolute atomic E-state index is 0.164. The zero-order valence-corrected chi connectivity index (χ0v) is 10.3. The van der Waals surface area contributed by atoms with E-state index in [4.69, 9.17) is 9.84 Å². The number of ether oxygens (including phenoxy) is 1. The van der Waals surface area contributed by atoms with Crippen molar-refractivity contribution in [2.45, 2.75) is 13.5 Å². The Morgan fingerprint density at radius 2 is 2.06 bits per heavy atom. The predicted molar refractivity (Wildman–Crippen MR) is 66.0 cm³/mol. The van der Waals surface area contributed by atoms with Crippen molar-refractivity contribution in [1.82, 2.24) is 9.78 Å². The Hall–Kier alpha value is -2.14. The van der Waals surface area contributed by atoms with E-state index in [2.05, 4.69) is 5.10 Å². The van der Waals surface area contributed by atoms with Gasteiger partial charge >= 0.3 is 5.97 Å². The molecule has 5 nitrogen and oxygen atoms in total. The Kier molecular flexibility index (Phi) is 3.43. The maximum atomic E-state index is 11.1. The van der Waals surface area contributed by atoms with Crippen molar-refractivity contribution in [3.8, 4) is 5.69 Å². The van der Waals surface area contributed by atoms with Crippen LogP contribution in [0.5, 0.6) is 0 Å². The van der Waals surface area contributed by atoms with E-state index in [1.54, 1.807) is 4.68 Å². The lowest BCUT2D eigenvalue weighted by molar-refractivity contribution is 0.0691. The molecule has 0 aliphatic rings. The SMILES string of the molecule is COCc1c(C(=O)O)cnn1-c1ccc(C)cc1. The molecule has 2 aromatic rings. The van der Waals surface area contributed by atoms with Crippen LogP contribution in [0.3, 0.4) is 0 Å². The number of hydrogen-bond donors (Lipinski definition) is 1. The molecule has 0 saturated carbocycles. The van der Waals surface area contributed by atoms with Crippen LogP contribution in [0.4, 0.5) is 0 Å². The average molecular weight is 246 g/mol. The molecule has 0 saturated heterocycles. The van der Waals surface area contributed by atoms with E-state index >= 15 is 0 Å². The summed E-state index contributed by atoms with van der Waals surface area (Å²) in [6.45, 7) is 2.20. The lowest BCUT2D eigenvalue weighted by Gasteiger charge is -2.08. The molecule has 0 amide bonds. The molecule has 1 heterocycles. The van der Waals surface area contributed by atoms with Crippen molar-refractivity contribution < 1.29 is 14.6 Å². The molecule has 0 aliphatic carbocycles. The number of aryl methyl sites for hydroxylation is 1. The van der Waals surface area contributed by atoms with E-state index in [-0.39, 0.29) is 12.2 Å². The average Bonchev–Trinajstić information content (AvgIpc) is 2.74. The monoisotopic (exact) mass is 246 g/mol. The molecule has 5 heteroatoms. The van der Waals surface area contributed by atoms with Crippen LogP contribution in [0.2, 0.25) is 0 Å². The van der Waals surface area contributed by atoms with E-state index < -0.39 is 5.97 Å². The van der Waals surface area contributed by atoms with Gasteiger partial charge in [0.15, 0.2) is 0 Å². The third kappa shape index (κ3) is 2.26. The van der Waals surface area contributed by atoms with Gasteiger partial charge in [-0.25, -0.2) is 9.48 Å². The van der Waals surface area contributed by atoms with Crippen LogP contribution in [0.15, 0.2) is 30.5 Å². The summed E-state index contributed by atoms with van der Waals surface area (Å²) in [5, 5.41) is 13.2. The molecule has 0 spiro atoms. The van der Waals surface area contributed by atoms with Gasteiger partial charge in [0, 0.05) is 7.11 Å². The summed E-state index contributed by atoms with van der Waals surface area (Å²) in [7, 11) is 1.53. The second kappa shape index (κ2) is 5.01. The molecule has 94 valence electrons. The number of methoxy groups -OCH3 is 1. The number of aromatic carboxylic acids is 1. The number of carbonyl (C=O) groups is 1. The zero-order valence-electron chi connectivity index (χ0n) is 10.3. The first-order chi connectivity index (χ1) is 8.63. The van der Waals surface area contributed by atoms with Gasteiger partial charge in [-0.05, 0) is 19.1 Å². The quantitative estimate of drug-likeness (QED) is 0.896. The first kappa shape index (κ1) is 12.3. The highest BCUT2D eigenvalue weighted by atomic mass is 16.5. The molecule has 1 aromatic heterocycles. The third-order valence-electron chi connectivity index (χ3n) is 2.66. The van der Waals surface area contributed by atoms with Gasteiger partial charge in [-0.1, -0.05) is 17.7 Å². The molecule has 0 fully saturated rings. The van der Waals surface area contributed by atoms with Gasteiger partial charge in [-0.3, -0.25) is 0 Å². The van der Waals surface area contributed by atoms with Crippen molar-refractivity contribution in [2.75, 3.05) is 7.11 Å². The second-order valence-corrected chi connectivity index (χ2v) is 3.99. The van der Waals surface area contributed by atoms with E-state index in [9.17, 15) is 4.79 Å². The smallest absolute Gasteiger partial charge is 0.339 e. The first-order valence-corrected chi connectivity index (χ1v) is 5.49. The summed E-state index contributed by atoms with van der Waals surface area (Å²) in [6, 6.07) is 7.70. The van der Waals surface area contributed by atoms with Crippen LogP contribution in [0.25, 0.3) is 5.69 Å². The molecule has 0 atom stereocenters. The minimum atomic E-state index is -1.000. The number of carboxylic acid groups (broad SMARTS) is 1. The van der Waals surface area contributed by atoms with E-state index in [1.807, 2.05) is 31.2 Å². The fraction of sp³-hybridized carbons (Fsp3) is 0.231. The van der Waals surface area contributed by atoms with Crippen molar-refractivity contribution in [3.63, 3.8) is 0 Å². The Bertz CT molecular complexity index is 558. The number of rotatable bonds is 4. The highest BCUT2D eigenvalue weighted by Crippen LogP contribution is 2.16. The van der Waals surface area contributed by atoms with E-state index in [0.717, 1.165) is 11.3 Å². The van der Waals surface area contributed by atoms with Gasteiger partial charge in [-0.15, -0.1) is 0 Å². The first-order valence-electron chi connectivity index (χ1n) is 5.49. The van der Waals surface area contributed by atoms with Crippen molar-refractivity contribution >= 4 is 5.97 Å². The summed E-state index contributed by atoms with van der Waals surface area (Å²) < 4.78 is 6.63. The Labute approximate surface area is 105 Å². The third-order valence-corrected chi connectivity index (χ3v) is 2.66. The zero-order chi connectivity index (χ0) is 13.1. The number of hydrogen-bond acceptors (Lipinski definition) is 3. The largest absolute Gasteiger partial charge is 0.478 e. The van der Waals surface area contributed by atoms with Crippen molar-refractivity contribution in [2.24, 2.45) is 0 Å². The van der Waals surface area contributed by atoms with Crippen LogP contribution in [-0.4, -0.2) is 28.0 Å². The van der Waals surface area contributed by atoms with Crippen LogP contribution < -0.4 is 0 Å². The molecular formula is C13H14N2O3. The molecule has 1 aromatic carbocycles. The maximum Gasteiger partial charge on any atom is 0.339 e. The highest BCUT2D eigenvalue weighted by Gasteiger charge is 2.17. The van der Waals surface area contributed by atoms with Gasteiger partial charge in [-0.2, -0.15) is 5.10 Å². The van der Waals surface area contributed by atoms with E-state index in [1.165, 1.54) is 13.3 Å². The van der Waals surface area contributed by atoms with Crippen LogP contribution >= 0.6 is 0 Å². The van der Waals surface area contributed by atoms with Crippen molar-refractivity contribution in [3.05, 3.63) is 47.3 Å². The number of benzene rings is 1. The predicted octanol–water partition coefficient (Wildman–Crippen LogP) is 2.03. The molecule has 18 heavy (non-hydrogen) atoms. The van der Waals surface area contributed by atoms with Gasteiger partial charge < -0.3 is 9.84 Å². The number of nitrogens with zero attached hydrogens (tertiary/aromatic N) is 2. The lowest BCUT2D eigenvalue weighted by Crippen LogP contribution is -2.07. The second-order valence-electron chi connectivity index (χ2n) is 3.99. The molecule has 0 unspecified atom stereocenters. The maximum absolute atomic E-state index is 11.1. The summed E-state index contributed by atoms with van der Waals surface area (Å²) in [5.41, 5.74) is 2.66. The van der Waals surface area contributed by atoms with Crippen LogP contribution in [0, 0.1) is 6.92 Å². The molecule has 0 aliphatic heterocycles. The van der Waals surface area contributed by atoms with Crippen LogP contribution in [0.1, 0.15) is 21.6 Å². The topological polar surface area (TPSA) is 64.3 Å². The summed E-state index contributed by atoms with van der Waals surface area (Å²) >= 11 is 0. The highest BCUT2D eigenvalue weighted by molar-refractivity contribution is 5.88. The standard InChI is InChI=1S/C13H14N2O3/c1-9-3-5-10(6-4-9)15-12(8-18-2)11(7-14-15)13(16)17/h3-7H,8H2,1-2H3,(H,16,17). The summed E-state index contributed by atoms with van der Waals surface area (Å²) in [4.78, 5) is 11.1. The molecule has 2 rings (SSSR count). The van der Waals surface area contributed by atoms with Gasteiger partial charge in [0.05, 0.1) is 24.2 Å². The van der Waals surface area contributed by atoms with Crippen LogP contribution in [-0.2, 0) is 11.3 Å². The van der Waals surface area contributed by atoms with Gasteiger partial charge in [0.2, 0.25) is 0 Å². The van der Waals surface area contributed by atoms with E-state index in [0.29, 0.717) is 5.69 Å². The number of aromatic nitrogens is 2. The van der Waals surface area contributed by atoms with Gasteiger partial charge in [0.1, 0.15) is 5.56 Å². The van der Waals surface area contributed by atoms with Gasteiger partial charge in [0.25, 0.3) is 0 Å². The summed E-state index contributed by atoms with van der Waals surface area (Å²) in [6.07, 6.45) is 1.34. The molecule has 0 radical (unpaired) electrons.